The third kappa shape index (κ3) is 3.95. The molecule has 1 unspecified atom stereocenters. The number of para-hydroxylation sites is 1. The molecule has 0 radical (unpaired) electrons. The average Bonchev–Trinajstić information content (AvgIpc) is 3.41. The van der Waals surface area contributed by atoms with Crippen molar-refractivity contribution in [1.29, 1.82) is 0 Å². The summed E-state index contributed by atoms with van der Waals surface area (Å²) in [5, 5.41) is 0. The van der Waals surface area contributed by atoms with Crippen LogP contribution in [0.2, 0.25) is 0 Å². The van der Waals surface area contributed by atoms with Crippen LogP contribution in [0.25, 0.3) is 22.2 Å². The zero-order valence-corrected chi connectivity index (χ0v) is 19.6. The second-order valence-electron chi connectivity index (χ2n) is 9.13. The molecule has 10 heteroatoms. The smallest absolute Gasteiger partial charge is 0.387 e. The Kier molecular flexibility index (Phi) is 5.75. The van der Waals surface area contributed by atoms with Gasteiger partial charge in [0.25, 0.3) is 0 Å². The average molecular weight is 496 g/mol. The fourth-order valence-corrected chi connectivity index (χ4v) is 5.16. The molecule has 186 valence electrons. The van der Waals surface area contributed by atoms with E-state index in [0.717, 1.165) is 18.7 Å². The Bertz CT molecular complexity index is 1400. The summed E-state index contributed by atoms with van der Waals surface area (Å²) in [6, 6.07) is 9.53. The van der Waals surface area contributed by atoms with Crippen LogP contribution in [-0.2, 0) is 4.74 Å². The maximum absolute atomic E-state index is 15.2. The highest BCUT2D eigenvalue weighted by atomic mass is 19.3. The number of hydrogen-bond donors (Lipinski definition) is 0. The summed E-state index contributed by atoms with van der Waals surface area (Å²) in [5.74, 6) is 1.29. The summed E-state index contributed by atoms with van der Waals surface area (Å²) in [5.41, 5.74) is 2.70. The highest BCUT2D eigenvalue weighted by Gasteiger charge is 2.33. The molecule has 4 heterocycles. The van der Waals surface area contributed by atoms with Crippen molar-refractivity contribution in [3.8, 4) is 16.9 Å². The maximum atomic E-state index is 15.2. The van der Waals surface area contributed by atoms with Gasteiger partial charge in [-0.3, -0.25) is 0 Å². The van der Waals surface area contributed by atoms with E-state index < -0.39 is 12.4 Å². The van der Waals surface area contributed by atoms with E-state index in [2.05, 4.69) is 15.0 Å². The highest BCUT2D eigenvalue weighted by molar-refractivity contribution is 5.85. The van der Waals surface area contributed by atoms with Crippen LogP contribution in [0.5, 0.6) is 5.75 Å². The molecule has 7 nitrogen and oxygen atoms in total. The molecule has 1 saturated heterocycles. The van der Waals surface area contributed by atoms with Crippen LogP contribution in [-0.4, -0.2) is 52.9 Å². The standard InChI is InChI=1S/C26H24F3N5O2/c1-33-14-22(17-4-2-3-5-23(17)36-25(28)29)34-21-10-18(19(27)11-20(21)32-26(33)34)16-12-30-24(31-13-16)15-6-8-35-9-7-15/h2-5,10-13,15,22,25H,6-9,14H2,1H3. The molecule has 0 aliphatic carbocycles. The summed E-state index contributed by atoms with van der Waals surface area (Å²) >= 11 is 0. The number of halogens is 3. The lowest BCUT2D eigenvalue weighted by Crippen LogP contribution is -2.18. The van der Waals surface area contributed by atoms with Gasteiger partial charge in [-0.1, -0.05) is 18.2 Å². The normalized spacial score (nSPS) is 18.2. The minimum absolute atomic E-state index is 0.111. The van der Waals surface area contributed by atoms with Gasteiger partial charge in [0, 0.05) is 67.9 Å². The second-order valence-corrected chi connectivity index (χ2v) is 9.13. The molecule has 2 aliphatic rings. The Morgan fingerprint density at radius 3 is 2.58 bits per heavy atom. The molecule has 1 fully saturated rings. The minimum atomic E-state index is -2.94. The highest BCUT2D eigenvalue weighted by Crippen LogP contribution is 2.41. The van der Waals surface area contributed by atoms with E-state index in [1.165, 1.54) is 12.1 Å². The van der Waals surface area contributed by atoms with Crippen LogP contribution in [0, 0.1) is 5.82 Å². The zero-order valence-electron chi connectivity index (χ0n) is 19.6. The molecule has 2 aromatic carbocycles. The first-order valence-corrected chi connectivity index (χ1v) is 11.9. The number of likely N-dealkylation sites (N-methyl/N-ethyl adjacent to an activating group) is 1. The fraction of sp³-hybridized carbons (Fsp3) is 0.346. The van der Waals surface area contributed by atoms with Gasteiger partial charge >= 0.3 is 6.61 Å². The van der Waals surface area contributed by atoms with E-state index >= 15 is 4.39 Å². The number of rotatable bonds is 5. The van der Waals surface area contributed by atoms with Crippen molar-refractivity contribution < 1.29 is 22.6 Å². The van der Waals surface area contributed by atoms with Crippen molar-refractivity contribution in [1.82, 2.24) is 19.5 Å². The molecule has 0 amide bonds. The molecule has 0 N–H and O–H groups in total. The minimum Gasteiger partial charge on any atom is -0.434 e. The van der Waals surface area contributed by atoms with Crippen LogP contribution in [0.3, 0.4) is 0 Å². The van der Waals surface area contributed by atoms with Crippen molar-refractivity contribution in [2.45, 2.75) is 31.4 Å². The molecule has 6 rings (SSSR count). The number of nitrogens with zero attached hydrogens (tertiary/aromatic N) is 5. The molecule has 36 heavy (non-hydrogen) atoms. The van der Waals surface area contributed by atoms with Crippen LogP contribution >= 0.6 is 0 Å². The number of benzene rings is 2. The summed E-state index contributed by atoms with van der Waals surface area (Å²) in [7, 11) is 1.87. The maximum Gasteiger partial charge on any atom is 0.387 e. The van der Waals surface area contributed by atoms with Gasteiger partial charge in [0.05, 0.1) is 17.1 Å². The molecule has 2 aromatic heterocycles. The van der Waals surface area contributed by atoms with Gasteiger partial charge in [-0.25, -0.2) is 19.3 Å². The van der Waals surface area contributed by atoms with Gasteiger partial charge < -0.3 is 18.9 Å². The van der Waals surface area contributed by atoms with Gasteiger partial charge in [-0.05, 0) is 25.0 Å². The van der Waals surface area contributed by atoms with Crippen molar-refractivity contribution in [3.05, 3.63) is 66.0 Å². The molecule has 0 bridgehead atoms. The number of aromatic nitrogens is 4. The van der Waals surface area contributed by atoms with E-state index in [1.54, 1.807) is 36.7 Å². The molecule has 1 atom stereocenters. The molecule has 0 saturated carbocycles. The SMILES string of the molecule is CN1CC(c2ccccc2OC(F)F)n2c1nc1cc(F)c(-c3cnc(C4CCOCC4)nc3)cc12. The predicted octanol–water partition coefficient (Wildman–Crippen LogP) is 5.17. The number of anilines is 1. The number of imidazole rings is 1. The lowest BCUT2D eigenvalue weighted by molar-refractivity contribution is -0.0506. The first kappa shape index (κ1) is 22.8. The fourth-order valence-electron chi connectivity index (χ4n) is 5.16. The lowest BCUT2D eigenvalue weighted by atomic mass is 9.99. The number of hydrogen-bond acceptors (Lipinski definition) is 6. The molecular formula is C26H24F3N5O2. The van der Waals surface area contributed by atoms with Crippen molar-refractivity contribution in [2.75, 3.05) is 31.7 Å². The molecule has 2 aliphatic heterocycles. The second kappa shape index (κ2) is 9.09. The summed E-state index contributed by atoms with van der Waals surface area (Å²) in [4.78, 5) is 15.6. The monoisotopic (exact) mass is 495 g/mol. The lowest BCUT2D eigenvalue weighted by Gasteiger charge is -2.20. The van der Waals surface area contributed by atoms with E-state index in [-0.39, 0.29) is 17.7 Å². The third-order valence-electron chi connectivity index (χ3n) is 6.92. The summed E-state index contributed by atoms with van der Waals surface area (Å²) in [6.45, 7) is -1.05. The molecule has 4 aromatic rings. The summed E-state index contributed by atoms with van der Waals surface area (Å²) < 4.78 is 53.5. The number of fused-ring (bicyclic) bond motifs is 3. The Balaban J connectivity index is 1.41. The zero-order chi connectivity index (χ0) is 24.8. The Labute approximate surface area is 205 Å². The van der Waals surface area contributed by atoms with Gasteiger partial charge in [0.1, 0.15) is 17.4 Å². The van der Waals surface area contributed by atoms with Gasteiger partial charge in [-0.15, -0.1) is 0 Å². The first-order valence-electron chi connectivity index (χ1n) is 11.9. The van der Waals surface area contributed by atoms with Crippen LogP contribution in [0.4, 0.5) is 19.1 Å². The van der Waals surface area contributed by atoms with E-state index in [9.17, 15) is 8.78 Å². The first-order chi connectivity index (χ1) is 17.5. The van der Waals surface area contributed by atoms with Crippen LogP contribution in [0.15, 0.2) is 48.8 Å². The molecular weight excluding hydrogens is 471 g/mol. The van der Waals surface area contributed by atoms with E-state index in [0.29, 0.717) is 53.4 Å². The number of ether oxygens (including phenoxy) is 2. The Hall–Kier alpha value is -3.66. The van der Waals surface area contributed by atoms with Crippen molar-refractivity contribution >= 4 is 17.0 Å². The van der Waals surface area contributed by atoms with Gasteiger partial charge in [0.15, 0.2) is 0 Å². The Morgan fingerprint density at radius 1 is 1.08 bits per heavy atom. The third-order valence-corrected chi connectivity index (χ3v) is 6.92. The van der Waals surface area contributed by atoms with Gasteiger partial charge in [0.2, 0.25) is 5.95 Å². The summed E-state index contributed by atoms with van der Waals surface area (Å²) in [6.07, 6.45) is 5.04. The van der Waals surface area contributed by atoms with E-state index in [1.807, 2.05) is 16.5 Å². The molecule has 0 spiro atoms. The van der Waals surface area contributed by atoms with E-state index in [4.69, 9.17) is 9.47 Å². The topological polar surface area (TPSA) is 65.3 Å². The van der Waals surface area contributed by atoms with Crippen molar-refractivity contribution in [3.63, 3.8) is 0 Å². The Morgan fingerprint density at radius 2 is 1.83 bits per heavy atom. The van der Waals surface area contributed by atoms with Gasteiger partial charge in [-0.2, -0.15) is 8.78 Å². The van der Waals surface area contributed by atoms with Crippen LogP contribution < -0.4 is 9.64 Å². The quantitative estimate of drug-likeness (QED) is 0.381. The number of alkyl halides is 2. The van der Waals surface area contributed by atoms with Crippen LogP contribution in [0.1, 0.15) is 36.2 Å². The predicted molar refractivity (Wildman–Crippen MR) is 128 cm³/mol. The largest absolute Gasteiger partial charge is 0.434 e. The van der Waals surface area contributed by atoms with Crippen molar-refractivity contribution in [2.24, 2.45) is 0 Å².